The summed E-state index contributed by atoms with van der Waals surface area (Å²) >= 11 is 0. The molecule has 0 aromatic carbocycles. The highest BCUT2D eigenvalue weighted by Crippen LogP contribution is 2.22. The molecule has 100 valence electrons. The second-order valence-corrected chi connectivity index (χ2v) is 4.90. The normalized spacial score (nSPS) is 17.2. The number of hydrogen-bond acceptors (Lipinski definition) is 4. The fraction of sp³-hybridized carbons (Fsp3) is 0.714. The van der Waals surface area contributed by atoms with E-state index in [2.05, 4.69) is 22.2 Å². The van der Waals surface area contributed by atoms with Gasteiger partial charge in [0.15, 0.2) is 0 Å². The van der Waals surface area contributed by atoms with E-state index in [0.717, 1.165) is 31.0 Å². The molecule has 1 aromatic heterocycles. The fourth-order valence-electron chi connectivity index (χ4n) is 2.40. The van der Waals surface area contributed by atoms with Crippen LogP contribution < -0.4 is 10.1 Å². The first-order chi connectivity index (χ1) is 8.78. The van der Waals surface area contributed by atoms with Crippen LogP contribution >= 0.6 is 0 Å². The second kappa shape index (κ2) is 6.57. The van der Waals surface area contributed by atoms with Crippen molar-refractivity contribution in [2.24, 2.45) is 0 Å². The third-order valence-corrected chi connectivity index (χ3v) is 3.26. The van der Waals surface area contributed by atoms with Crippen molar-refractivity contribution >= 4 is 5.82 Å². The Morgan fingerprint density at radius 2 is 1.94 bits per heavy atom. The van der Waals surface area contributed by atoms with E-state index >= 15 is 0 Å². The van der Waals surface area contributed by atoms with Crippen LogP contribution in [-0.4, -0.2) is 22.6 Å². The summed E-state index contributed by atoms with van der Waals surface area (Å²) in [7, 11) is 0. The van der Waals surface area contributed by atoms with Crippen molar-refractivity contribution in [2.45, 2.75) is 58.5 Å². The Kier molecular flexibility index (Phi) is 4.79. The highest BCUT2D eigenvalue weighted by atomic mass is 16.5. The number of nitrogens with zero attached hydrogens (tertiary/aromatic N) is 2. The summed E-state index contributed by atoms with van der Waals surface area (Å²) in [5.41, 5.74) is 0. The molecule has 0 spiro atoms. The molecule has 1 aliphatic carbocycles. The van der Waals surface area contributed by atoms with Gasteiger partial charge in [-0.2, -0.15) is 4.98 Å². The minimum Gasteiger partial charge on any atom is -0.474 e. The highest BCUT2D eigenvalue weighted by molar-refractivity contribution is 5.38. The summed E-state index contributed by atoms with van der Waals surface area (Å²) < 4.78 is 6.01. The van der Waals surface area contributed by atoms with Crippen molar-refractivity contribution in [2.75, 3.05) is 11.9 Å². The standard InChI is InChI=1S/C14H23N3O/c1-3-15-13-10-14(17-11(2)16-13)18-12-8-6-4-5-7-9-12/h10,12H,3-9H2,1-2H3,(H,15,16,17). The molecular weight excluding hydrogens is 226 g/mol. The van der Waals surface area contributed by atoms with Crippen LogP contribution in [-0.2, 0) is 0 Å². The number of hydrogen-bond donors (Lipinski definition) is 1. The van der Waals surface area contributed by atoms with Gasteiger partial charge in [0.05, 0.1) is 0 Å². The SMILES string of the molecule is CCNc1cc(OC2CCCCCC2)nc(C)n1. The molecule has 1 saturated carbocycles. The zero-order valence-corrected chi connectivity index (χ0v) is 11.4. The molecule has 4 nitrogen and oxygen atoms in total. The maximum absolute atomic E-state index is 6.01. The minimum atomic E-state index is 0.330. The predicted molar refractivity (Wildman–Crippen MR) is 73.1 cm³/mol. The Labute approximate surface area is 109 Å². The van der Waals surface area contributed by atoms with Crippen molar-refractivity contribution < 1.29 is 4.74 Å². The molecule has 2 rings (SSSR count). The zero-order chi connectivity index (χ0) is 12.8. The van der Waals surface area contributed by atoms with Crippen molar-refractivity contribution in [1.29, 1.82) is 0 Å². The summed E-state index contributed by atoms with van der Waals surface area (Å²) in [6.07, 6.45) is 7.86. The van der Waals surface area contributed by atoms with Gasteiger partial charge in [-0.15, -0.1) is 0 Å². The maximum Gasteiger partial charge on any atom is 0.218 e. The molecule has 0 atom stereocenters. The summed E-state index contributed by atoms with van der Waals surface area (Å²) in [6.45, 7) is 4.82. The monoisotopic (exact) mass is 249 g/mol. The second-order valence-electron chi connectivity index (χ2n) is 4.90. The minimum absolute atomic E-state index is 0.330. The fourth-order valence-corrected chi connectivity index (χ4v) is 2.40. The number of aryl methyl sites for hydroxylation is 1. The van der Waals surface area contributed by atoms with Crippen LogP contribution in [0.3, 0.4) is 0 Å². The third kappa shape index (κ3) is 3.86. The molecule has 1 aliphatic rings. The van der Waals surface area contributed by atoms with E-state index in [0.29, 0.717) is 12.0 Å². The molecule has 1 fully saturated rings. The number of ether oxygens (including phenoxy) is 1. The van der Waals surface area contributed by atoms with Crippen molar-refractivity contribution in [1.82, 2.24) is 9.97 Å². The Morgan fingerprint density at radius 3 is 2.61 bits per heavy atom. The maximum atomic E-state index is 6.01. The number of rotatable bonds is 4. The van der Waals surface area contributed by atoms with Gasteiger partial charge in [0.25, 0.3) is 0 Å². The third-order valence-electron chi connectivity index (χ3n) is 3.26. The lowest BCUT2D eigenvalue weighted by Crippen LogP contribution is -2.16. The Balaban J connectivity index is 2.02. The lowest BCUT2D eigenvalue weighted by molar-refractivity contribution is 0.175. The van der Waals surface area contributed by atoms with Gasteiger partial charge in [-0.1, -0.05) is 12.8 Å². The van der Waals surface area contributed by atoms with Gasteiger partial charge in [-0.3, -0.25) is 0 Å². The van der Waals surface area contributed by atoms with E-state index in [1.54, 1.807) is 0 Å². The van der Waals surface area contributed by atoms with E-state index in [4.69, 9.17) is 4.74 Å². The largest absolute Gasteiger partial charge is 0.474 e. The lowest BCUT2D eigenvalue weighted by Gasteiger charge is -2.16. The number of aromatic nitrogens is 2. The average molecular weight is 249 g/mol. The first kappa shape index (κ1) is 13.1. The first-order valence-corrected chi connectivity index (χ1v) is 7.04. The van der Waals surface area contributed by atoms with Gasteiger partial charge in [0.2, 0.25) is 5.88 Å². The molecule has 1 heterocycles. The zero-order valence-electron chi connectivity index (χ0n) is 11.4. The van der Waals surface area contributed by atoms with Crippen LogP contribution in [0.15, 0.2) is 6.07 Å². The molecule has 1 N–H and O–H groups in total. The molecule has 0 aliphatic heterocycles. The van der Waals surface area contributed by atoms with Crippen LogP contribution in [0.1, 0.15) is 51.3 Å². The van der Waals surface area contributed by atoms with Gasteiger partial charge < -0.3 is 10.1 Å². The highest BCUT2D eigenvalue weighted by Gasteiger charge is 2.15. The summed E-state index contributed by atoms with van der Waals surface area (Å²) in [6, 6.07) is 1.90. The van der Waals surface area contributed by atoms with Crippen LogP contribution in [0.2, 0.25) is 0 Å². The van der Waals surface area contributed by atoms with Crippen LogP contribution in [0.5, 0.6) is 5.88 Å². The Morgan fingerprint density at radius 1 is 1.22 bits per heavy atom. The molecule has 0 radical (unpaired) electrons. The van der Waals surface area contributed by atoms with E-state index in [9.17, 15) is 0 Å². The molecule has 1 aromatic rings. The van der Waals surface area contributed by atoms with Gasteiger partial charge in [-0.05, 0) is 39.5 Å². The molecule has 0 bridgehead atoms. The molecule has 0 amide bonds. The average Bonchev–Trinajstić information content (AvgIpc) is 2.57. The number of anilines is 1. The summed E-state index contributed by atoms with van der Waals surface area (Å²) in [5, 5.41) is 3.21. The Bertz CT molecular complexity index is 373. The van der Waals surface area contributed by atoms with E-state index in [1.165, 1.54) is 25.7 Å². The molecule has 0 unspecified atom stereocenters. The van der Waals surface area contributed by atoms with Crippen molar-refractivity contribution in [3.05, 3.63) is 11.9 Å². The summed E-state index contributed by atoms with van der Waals surface area (Å²) in [5.74, 6) is 2.33. The van der Waals surface area contributed by atoms with Crippen molar-refractivity contribution in [3.8, 4) is 5.88 Å². The molecule has 0 saturated heterocycles. The van der Waals surface area contributed by atoms with E-state index in [1.807, 2.05) is 13.0 Å². The summed E-state index contributed by atoms with van der Waals surface area (Å²) in [4.78, 5) is 8.70. The van der Waals surface area contributed by atoms with E-state index < -0.39 is 0 Å². The number of nitrogens with one attached hydrogen (secondary N) is 1. The van der Waals surface area contributed by atoms with Crippen LogP contribution in [0.4, 0.5) is 5.82 Å². The van der Waals surface area contributed by atoms with Crippen LogP contribution in [0, 0.1) is 6.92 Å². The molecule has 18 heavy (non-hydrogen) atoms. The van der Waals surface area contributed by atoms with Gasteiger partial charge >= 0.3 is 0 Å². The quantitative estimate of drug-likeness (QED) is 0.832. The van der Waals surface area contributed by atoms with Crippen molar-refractivity contribution in [3.63, 3.8) is 0 Å². The molecular formula is C14H23N3O. The van der Waals surface area contributed by atoms with Gasteiger partial charge in [0.1, 0.15) is 17.7 Å². The Hall–Kier alpha value is -1.32. The lowest BCUT2D eigenvalue weighted by atomic mass is 10.1. The topological polar surface area (TPSA) is 47.0 Å². The smallest absolute Gasteiger partial charge is 0.218 e. The van der Waals surface area contributed by atoms with E-state index in [-0.39, 0.29) is 0 Å². The molecule has 4 heteroatoms. The van der Waals surface area contributed by atoms with Crippen LogP contribution in [0.25, 0.3) is 0 Å². The first-order valence-electron chi connectivity index (χ1n) is 7.04. The van der Waals surface area contributed by atoms with Gasteiger partial charge in [-0.25, -0.2) is 4.98 Å². The predicted octanol–water partition coefficient (Wildman–Crippen LogP) is 3.32. The van der Waals surface area contributed by atoms with Gasteiger partial charge in [0, 0.05) is 12.6 Å².